The number of fused-ring (bicyclic) bond motifs is 4. The van der Waals surface area contributed by atoms with Crippen LogP contribution in [0, 0.1) is 17.8 Å². The molecular formula is C55H54N6O12. The number of rotatable bonds is 13. The Morgan fingerprint density at radius 3 is 2.29 bits per heavy atom. The van der Waals surface area contributed by atoms with E-state index in [0.29, 0.717) is 47.8 Å². The van der Waals surface area contributed by atoms with Crippen molar-refractivity contribution >= 4 is 35.6 Å². The maximum atomic E-state index is 16.6. The Labute approximate surface area is 421 Å². The van der Waals surface area contributed by atoms with E-state index in [2.05, 4.69) is 22.1 Å². The number of methoxy groups -OCH3 is 1. The predicted molar refractivity (Wildman–Crippen MR) is 263 cm³/mol. The van der Waals surface area contributed by atoms with Gasteiger partial charge in [-0.3, -0.25) is 24.2 Å². The van der Waals surface area contributed by atoms with E-state index in [0.717, 1.165) is 16.0 Å². The number of urea groups is 1. The molecule has 0 saturated carbocycles. The van der Waals surface area contributed by atoms with Crippen LogP contribution >= 0.6 is 0 Å². The van der Waals surface area contributed by atoms with Crippen LogP contribution in [0.3, 0.4) is 0 Å². The number of carbonyl (C=O) groups excluding carboxylic acids is 5. The van der Waals surface area contributed by atoms with Crippen LogP contribution in [0.25, 0.3) is 0 Å². The normalized spacial score (nSPS) is 23.0. The number of carbonyl (C=O) groups is 5. The van der Waals surface area contributed by atoms with Crippen LogP contribution in [0.1, 0.15) is 51.6 Å². The lowest BCUT2D eigenvalue weighted by atomic mass is 9.64. The number of imide groups is 1. The van der Waals surface area contributed by atoms with Gasteiger partial charge < -0.3 is 49.5 Å². The van der Waals surface area contributed by atoms with E-state index in [1.807, 2.05) is 83.8 Å². The average molecular weight is 991 g/mol. The third kappa shape index (κ3) is 9.05. The fourth-order valence-corrected chi connectivity index (χ4v) is 11.1. The van der Waals surface area contributed by atoms with Crippen LogP contribution in [0.2, 0.25) is 0 Å². The summed E-state index contributed by atoms with van der Waals surface area (Å²) in [5.74, 6) is 3.94. The van der Waals surface area contributed by atoms with Crippen LogP contribution in [-0.4, -0.2) is 129 Å². The first-order chi connectivity index (χ1) is 35.6. The standard InChI is InChI=1S/C55H54N6O12/c1-68-29-30-70-54(67)60-41-20-18-35(11-10-22-57-53(56)66)31-40(41)55(52(60)65)45(50(63)59-25-23-58(24-26-59)33-36-19-21-43-44(32-36)72-34-71-43)47-51(64)73-48(38-14-6-3-7-15-38)46(37-12-4-2-5-13-37)61(47)49(55)39-16-8-9-17-42(39)69-28-27-62/h2-9,12-21,31-32,45-49,62H,22-30,33-34H2,1H3,(H3,56,57,66)/t45-,46-,47-,48+,49+,55-/m1/s1. The zero-order chi connectivity index (χ0) is 50.6. The number of anilines is 1. The average Bonchev–Trinajstić information content (AvgIpc) is 4.08. The highest BCUT2D eigenvalue weighted by molar-refractivity contribution is 6.23. The topological polar surface area (TPSA) is 212 Å². The van der Waals surface area contributed by atoms with Gasteiger partial charge in [-0.1, -0.05) is 96.8 Å². The van der Waals surface area contributed by atoms with Gasteiger partial charge in [0.05, 0.1) is 43.4 Å². The van der Waals surface area contributed by atoms with Gasteiger partial charge >= 0.3 is 18.1 Å². The second-order valence-corrected chi connectivity index (χ2v) is 18.2. The van der Waals surface area contributed by atoms with E-state index >= 15 is 14.4 Å². The molecule has 1 spiro atoms. The lowest BCUT2D eigenvalue weighted by Gasteiger charge is -2.46. The second-order valence-electron chi connectivity index (χ2n) is 18.2. The van der Waals surface area contributed by atoms with E-state index in [1.54, 1.807) is 47.4 Å². The molecule has 5 aromatic carbocycles. The first kappa shape index (κ1) is 48.7. The molecule has 5 amide bonds. The minimum atomic E-state index is -2.12. The molecule has 73 heavy (non-hydrogen) atoms. The number of hydrogen-bond acceptors (Lipinski definition) is 14. The number of ether oxygens (including phenoxy) is 6. The van der Waals surface area contributed by atoms with Gasteiger partial charge in [-0.15, -0.1) is 0 Å². The molecule has 0 unspecified atom stereocenters. The molecule has 3 saturated heterocycles. The molecule has 5 heterocycles. The Hall–Kier alpha value is -7.95. The van der Waals surface area contributed by atoms with Crippen molar-refractivity contribution < 1.29 is 57.5 Å². The fourth-order valence-electron chi connectivity index (χ4n) is 11.1. The first-order valence-corrected chi connectivity index (χ1v) is 24.1. The summed E-state index contributed by atoms with van der Waals surface area (Å²) in [6.07, 6.45) is -1.99. The van der Waals surface area contributed by atoms with Gasteiger partial charge in [0, 0.05) is 51.0 Å². The van der Waals surface area contributed by atoms with E-state index < -0.39 is 65.5 Å². The molecule has 10 rings (SSSR count). The van der Waals surface area contributed by atoms with Gasteiger partial charge in [-0.25, -0.2) is 14.5 Å². The summed E-state index contributed by atoms with van der Waals surface area (Å²) in [5.41, 5.74) is 6.72. The number of aliphatic hydroxyl groups excluding tert-OH is 1. The Morgan fingerprint density at radius 2 is 1.55 bits per heavy atom. The van der Waals surface area contributed by atoms with Gasteiger partial charge in [-0.05, 0) is 58.7 Å². The quantitative estimate of drug-likeness (QED) is 0.0837. The van der Waals surface area contributed by atoms with E-state index in [4.69, 9.17) is 34.2 Å². The zero-order valence-corrected chi connectivity index (χ0v) is 40.0. The number of piperazine rings is 1. The minimum absolute atomic E-state index is 0.0287. The summed E-state index contributed by atoms with van der Waals surface area (Å²) in [6, 6.07) is 32.1. The van der Waals surface area contributed by atoms with Crippen molar-refractivity contribution in [2.75, 3.05) is 78.0 Å². The second kappa shape index (κ2) is 21.0. The maximum Gasteiger partial charge on any atom is 0.421 e. The molecule has 18 heteroatoms. The summed E-state index contributed by atoms with van der Waals surface area (Å²) in [5, 5.41) is 12.6. The summed E-state index contributed by atoms with van der Waals surface area (Å²) in [6.45, 7) is 1.33. The molecule has 4 N–H and O–H groups in total. The molecule has 3 fully saturated rings. The lowest BCUT2D eigenvalue weighted by Crippen LogP contribution is -2.59. The number of hydrogen-bond donors (Lipinski definition) is 3. The van der Waals surface area contributed by atoms with E-state index in [-0.39, 0.29) is 69.9 Å². The monoisotopic (exact) mass is 990 g/mol. The highest BCUT2D eigenvalue weighted by Crippen LogP contribution is 2.67. The smallest absolute Gasteiger partial charge is 0.421 e. The summed E-state index contributed by atoms with van der Waals surface area (Å²) in [7, 11) is 1.45. The van der Waals surface area contributed by atoms with Crippen molar-refractivity contribution in [2.45, 2.75) is 36.2 Å². The minimum Gasteiger partial charge on any atom is -0.491 e. The molecule has 5 aliphatic heterocycles. The highest BCUT2D eigenvalue weighted by atomic mass is 16.7. The number of primary amides is 1. The molecule has 18 nitrogen and oxygen atoms in total. The van der Waals surface area contributed by atoms with Crippen LogP contribution in [0.15, 0.2) is 121 Å². The Kier molecular flexibility index (Phi) is 14.0. The molecule has 0 aliphatic carbocycles. The molecule has 0 radical (unpaired) electrons. The van der Waals surface area contributed by atoms with Crippen LogP contribution in [-0.2, 0) is 40.6 Å². The highest BCUT2D eigenvalue weighted by Gasteiger charge is 2.76. The maximum absolute atomic E-state index is 16.6. The molecule has 5 aliphatic rings. The van der Waals surface area contributed by atoms with Gasteiger partial charge in [0.15, 0.2) is 11.5 Å². The molecule has 0 bridgehead atoms. The molecule has 6 atom stereocenters. The number of benzene rings is 5. The zero-order valence-electron chi connectivity index (χ0n) is 40.0. The van der Waals surface area contributed by atoms with E-state index in [9.17, 15) is 14.7 Å². The van der Waals surface area contributed by atoms with Crippen molar-refractivity contribution in [1.82, 2.24) is 20.0 Å². The third-order valence-electron chi connectivity index (χ3n) is 14.1. The first-order valence-electron chi connectivity index (χ1n) is 24.1. The molecule has 5 aromatic rings. The number of esters is 1. The molecule has 376 valence electrons. The number of morpholine rings is 1. The van der Waals surface area contributed by atoms with Crippen molar-refractivity contribution in [3.8, 4) is 29.1 Å². The van der Waals surface area contributed by atoms with Gasteiger partial charge in [0.2, 0.25) is 18.6 Å². The number of nitrogens with one attached hydrogen (secondary N) is 1. The summed E-state index contributed by atoms with van der Waals surface area (Å²) < 4.78 is 35.1. The molecule has 0 aromatic heterocycles. The van der Waals surface area contributed by atoms with Crippen molar-refractivity contribution in [3.05, 3.63) is 155 Å². The molecular weight excluding hydrogens is 937 g/mol. The number of amides is 5. The Bertz CT molecular complexity index is 2960. The Balaban J connectivity index is 1.19. The fraction of sp³-hybridized carbons (Fsp3) is 0.327. The third-order valence-corrected chi connectivity index (χ3v) is 14.1. The van der Waals surface area contributed by atoms with Crippen LogP contribution < -0.4 is 30.2 Å². The van der Waals surface area contributed by atoms with Crippen molar-refractivity contribution in [1.29, 1.82) is 0 Å². The van der Waals surface area contributed by atoms with Gasteiger partial charge in [0.1, 0.15) is 36.5 Å². The van der Waals surface area contributed by atoms with E-state index in [1.165, 1.54) is 7.11 Å². The number of nitrogens with two attached hydrogens (primary N) is 1. The van der Waals surface area contributed by atoms with Gasteiger partial charge in [0.25, 0.3) is 0 Å². The number of para-hydroxylation sites is 1. The predicted octanol–water partition coefficient (Wildman–Crippen LogP) is 4.60. The largest absolute Gasteiger partial charge is 0.491 e. The van der Waals surface area contributed by atoms with Crippen molar-refractivity contribution in [2.24, 2.45) is 11.7 Å². The van der Waals surface area contributed by atoms with Crippen molar-refractivity contribution in [3.63, 3.8) is 0 Å². The summed E-state index contributed by atoms with van der Waals surface area (Å²) in [4.78, 5) is 81.7. The lowest BCUT2D eigenvalue weighted by molar-refractivity contribution is -0.179. The van der Waals surface area contributed by atoms with Gasteiger partial charge in [-0.2, -0.15) is 0 Å². The van der Waals surface area contributed by atoms with Crippen LogP contribution in [0.5, 0.6) is 17.2 Å². The SMILES string of the molecule is COCCOC(=O)N1C(=O)[C@@]2(c3cc(C#CCNC(N)=O)ccc31)[C@H](c1ccccc1OCCO)N1[C@H](c3ccccc3)[C@H](c3ccccc3)OC(=O)[C@H]1[C@@H]2C(=O)N1CCN(Cc2ccc3c(c2)OCO3)CC1. The summed E-state index contributed by atoms with van der Waals surface area (Å²) >= 11 is 0. The van der Waals surface area contributed by atoms with Crippen LogP contribution in [0.4, 0.5) is 15.3 Å². The number of cyclic esters (lactones) is 1. The number of aliphatic hydroxyl groups is 1. The Morgan fingerprint density at radius 1 is 0.822 bits per heavy atom. The number of nitrogens with zero attached hydrogens (tertiary/aromatic N) is 4.